The molecule has 33 heavy (non-hydrogen) atoms. The summed E-state index contributed by atoms with van der Waals surface area (Å²) >= 11 is 30.9. The molecule has 170 valence electrons. The maximum Gasteiger partial charge on any atom is 0.255 e. The van der Waals surface area contributed by atoms with Crippen molar-refractivity contribution in [2.45, 2.75) is 10.3 Å². The van der Waals surface area contributed by atoms with Gasteiger partial charge in [0.2, 0.25) is 5.91 Å². The van der Waals surface area contributed by atoms with Gasteiger partial charge in [-0.15, -0.1) is 23.2 Å². The molecular formula is C23H14Cl5FN2O2. The predicted octanol–water partition coefficient (Wildman–Crippen LogP) is 7.56. The molecular weight excluding hydrogens is 533 g/mol. The molecule has 0 heterocycles. The maximum atomic E-state index is 13.2. The Morgan fingerprint density at radius 1 is 0.879 bits per heavy atom. The van der Waals surface area contributed by atoms with Crippen molar-refractivity contribution < 1.29 is 14.0 Å². The van der Waals surface area contributed by atoms with Gasteiger partial charge in [-0.2, -0.15) is 0 Å². The van der Waals surface area contributed by atoms with Gasteiger partial charge in [0.25, 0.3) is 5.91 Å². The molecule has 1 aliphatic rings. The highest BCUT2D eigenvalue weighted by Crippen LogP contribution is 2.65. The molecule has 0 radical (unpaired) electrons. The van der Waals surface area contributed by atoms with E-state index in [1.807, 2.05) is 0 Å². The first-order valence-electron chi connectivity index (χ1n) is 9.57. The second-order valence-corrected chi connectivity index (χ2v) is 10.2. The zero-order chi connectivity index (χ0) is 23.9. The van der Waals surface area contributed by atoms with E-state index in [0.717, 1.165) is 6.07 Å². The van der Waals surface area contributed by atoms with Crippen LogP contribution in [0.4, 0.5) is 15.8 Å². The molecule has 3 aromatic rings. The molecule has 0 saturated heterocycles. The van der Waals surface area contributed by atoms with Crippen LogP contribution < -0.4 is 10.6 Å². The second kappa shape index (κ2) is 9.32. The van der Waals surface area contributed by atoms with E-state index in [1.165, 1.54) is 18.2 Å². The van der Waals surface area contributed by atoms with Crippen molar-refractivity contribution in [3.8, 4) is 0 Å². The second-order valence-electron chi connectivity index (χ2n) is 7.48. The third kappa shape index (κ3) is 5.23. The Bertz CT molecular complexity index is 1250. The maximum absolute atomic E-state index is 13.2. The van der Waals surface area contributed by atoms with Crippen molar-refractivity contribution in [2.24, 2.45) is 5.92 Å². The standard InChI is InChI=1S/C23H14Cl5FN2O2/c24-13-6-12(7-14(25)9-13)19-20(23(19,27)28)22(33)30-16-3-1-2-11(8-16)21(32)31-18-5-4-15(29)10-17(18)26/h1-10,19-20H,(H,30,33)(H,31,32)/t19-,20+/m1/s1. The van der Waals surface area contributed by atoms with E-state index in [4.69, 9.17) is 58.0 Å². The number of halogens is 6. The Labute approximate surface area is 213 Å². The molecule has 2 atom stereocenters. The quantitative estimate of drug-likeness (QED) is 0.325. The molecule has 1 aliphatic carbocycles. The van der Waals surface area contributed by atoms with Crippen molar-refractivity contribution in [2.75, 3.05) is 10.6 Å². The average Bonchev–Trinajstić information content (AvgIpc) is 3.31. The third-order valence-corrected chi connectivity index (χ3v) is 6.84. The summed E-state index contributed by atoms with van der Waals surface area (Å²) in [6, 6.07) is 14.8. The molecule has 4 nitrogen and oxygen atoms in total. The number of alkyl halides is 2. The molecule has 0 unspecified atom stereocenters. The topological polar surface area (TPSA) is 58.2 Å². The van der Waals surface area contributed by atoms with Gasteiger partial charge in [0, 0.05) is 27.2 Å². The van der Waals surface area contributed by atoms with Crippen molar-refractivity contribution in [1.29, 1.82) is 0 Å². The van der Waals surface area contributed by atoms with E-state index >= 15 is 0 Å². The largest absolute Gasteiger partial charge is 0.326 e. The number of benzene rings is 3. The van der Waals surface area contributed by atoms with Gasteiger partial charge in [0.05, 0.1) is 16.6 Å². The Kier molecular flexibility index (Phi) is 6.81. The predicted molar refractivity (Wildman–Crippen MR) is 132 cm³/mol. The number of carbonyl (C=O) groups is 2. The van der Waals surface area contributed by atoms with E-state index in [1.54, 1.807) is 36.4 Å². The van der Waals surface area contributed by atoms with Crippen LogP contribution in [0.5, 0.6) is 0 Å². The minimum absolute atomic E-state index is 0.0641. The van der Waals surface area contributed by atoms with Crippen LogP contribution in [0.15, 0.2) is 60.7 Å². The molecule has 0 aliphatic heterocycles. The lowest BCUT2D eigenvalue weighted by Crippen LogP contribution is -2.18. The molecule has 4 rings (SSSR count). The summed E-state index contributed by atoms with van der Waals surface area (Å²) in [5.41, 5.74) is 1.54. The van der Waals surface area contributed by atoms with Gasteiger partial charge >= 0.3 is 0 Å². The zero-order valence-corrected chi connectivity index (χ0v) is 20.3. The number of anilines is 2. The molecule has 10 heteroatoms. The number of amides is 2. The van der Waals surface area contributed by atoms with E-state index in [-0.39, 0.29) is 16.3 Å². The Morgan fingerprint density at radius 2 is 1.58 bits per heavy atom. The molecule has 2 amide bonds. The van der Waals surface area contributed by atoms with Crippen LogP contribution in [0.25, 0.3) is 0 Å². The van der Waals surface area contributed by atoms with Crippen LogP contribution in [0, 0.1) is 11.7 Å². The molecule has 0 spiro atoms. The highest BCUT2D eigenvalue weighted by molar-refractivity contribution is 6.53. The molecule has 2 N–H and O–H groups in total. The molecule has 1 saturated carbocycles. The monoisotopic (exact) mass is 544 g/mol. The van der Waals surface area contributed by atoms with Gasteiger partial charge in [0.15, 0.2) is 0 Å². The van der Waals surface area contributed by atoms with Gasteiger partial charge in [0.1, 0.15) is 10.2 Å². The van der Waals surface area contributed by atoms with E-state index in [2.05, 4.69) is 10.6 Å². The first-order valence-corrected chi connectivity index (χ1v) is 11.5. The number of hydrogen-bond donors (Lipinski definition) is 2. The van der Waals surface area contributed by atoms with Crippen LogP contribution in [-0.2, 0) is 4.79 Å². The van der Waals surface area contributed by atoms with Crippen molar-refractivity contribution in [1.82, 2.24) is 0 Å². The van der Waals surface area contributed by atoms with Crippen LogP contribution in [-0.4, -0.2) is 16.1 Å². The highest BCUT2D eigenvalue weighted by Gasteiger charge is 2.67. The zero-order valence-electron chi connectivity index (χ0n) is 16.5. The van der Waals surface area contributed by atoms with Gasteiger partial charge < -0.3 is 10.6 Å². The highest BCUT2D eigenvalue weighted by atomic mass is 35.5. The lowest BCUT2D eigenvalue weighted by Gasteiger charge is -2.10. The molecule has 0 aromatic heterocycles. The Morgan fingerprint density at radius 3 is 2.24 bits per heavy atom. The van der Waals surface area contributed by atoms with E-state index in [0.29, 0.717) is 21.3 Å². The van der Waals surface area contributed by atoms with Crippen LogP contribution in [0.2, 0.25) is 15.1 Å². The van der Waals surface area contributed by atoms with Crippen molar-refractivity contribution in [3.05, 3.63) is 92.7 Å². The number of carbonyl (C=O) groups excluding carboxylic acids is 2. The fourth-order valence-electron chi connectivity index (χ4n) is 3.57. The summed E-state index contributed by atoms with van der Waals surface area (Å²) in [7, 11) is 0. The lowest BCUT2D eigenvalue weighted by molar-refractivity contribution is -0.117. The Balaban J connectivity index is 1.48. The van der Waals surface area contributed by atoms with Crippen molar-refractivity contribution >= 4 is 81.2 Å². The minimum atomic E-state index is -1.33. The van der Waals surface area contributed by atoms with E-state index in [9.17, 15) is 14.0 Å². The third-order valence-electron chi connectivity index (χ3n) is 5.15. The number of rotatable bonds is 5. The number of nitrogens with one attached hydrogen (secondary N) is 2. The van der Waals surface area contributed by atoms with Gasteiger partial charge in [-0.1, -0.05) is 40.9 Å². The number of hydrogen-bond acceptors (Lipinski definition) is 2. The summed E-state index contributed by atoms with van der Waals surface area (Å²) in [5, 5.41) is 6.22. The summed E-state index contributed by atoms with van der Waals surface area (Å²) in [4.78, 5) is 25.5. The summed E-state index contributed by atoms with van der Waals surface area (Å²) in [6.45, 7) is 0. The fraction of sp³-hybridized carbons (Fsp3) is 0.130. The molecule has 3 aromatic carbocycles. The van der Waals surface area contributed by atoms with Crippen LogP contribution in [0.1, 0.15) is 21.8 Å². The van der Waals surface area contributed by atoms with E-state index < -0.39 is 33.8 Å². The van der Waals surface area contributed by atoms with Gasteiger partial charge in [-0.05, 0) is 60.2 Å². The molecule has 1 fully saturated rings. The first-order chi connectivity index (χ1) is 15.6. The van der Waals surface area contributed by atoms with Crippen LogP contribution >= 0.6 is 58.0 Å². The average molecular weight is 547 g/mol. The molecule has 0 bridgehead atoms. The minimum Gasteiger partial charge on any atom is -0.326 e. The Hall–Kier alpha value is -2.02. The lowest BCUT2D eigenvalue weighted by atomic mass is 10.1. The van der Waals surface area contributed by atoms with Crippen molar-refractivity contribution in [3.63, 3.8) is 0 Å². The summed E-state index contributed by atoms with van der Waals surface area (Å²) in [5.74, 6) is -2.66. The summed E-state index contributed by atoms with van der Waals surface area (Å²) < 4.78 is 11.9. The van der Waals surface area contributed by atoms with Crippen LogP contribution in [0.3, 0.4) is 0 Å². The smallest absolute Gasteiger partial charge is 0.255 e. The SMILES string of the molecule is O=C(Nc1ccc(F)cc1Cl)c1cccc(NC(=O)[C@@H]2[C@@H](c3cc(Cl)cc(Cl)c3)C2(Cl)Cl)c1. The van der Waals surface area contributed by atoms with Gasteiger partial charge in [-0.25, -0.2) is 4.39 Å². The fourth-order valence-corrected chi connectivity index (χ4v) is 5.15. The summed E-state index contributed by atoms with van der Waals surface area (Å²) in [6.07, 6.45) is 0. The van der Waals surface area contributed by atoms with Gasteiger partial charge in [-0.3, -0.25) is 9.59 Å². The normalized spacial score (nSPS) is 18.5. The first kappa shape index (κ1) is 24.1.